The molecule has 0 aromatic rings. The summed E-state index contributed by atoms with van der Waals surface area (Å²) in [5.74, 6) is 0. The first kappa shape index (κ1) is 11.0. The lowest BCUT2D eigenvalue weighted by Gasteiger charge is -2.28. The molecule has 1 rings (SSSR count). The molecule has 0 aromatic heterocycles. The molecule has 1 aliphatic carbocycles. The van der Waals surface area contributed by atoms with Crippen LogP contribution in [0.15, 0.2) is 0 Å². The standard InChI is InChI=1S/C12H24O/c1-11(2,3)7-8-12(4)6-5-10(13)9-12/h10,13H,5-9H2,1-4H3. The van der Waals surface area contributed by atoms with E-state index in [1.807, 2.05) is 0 Å². The van der Waals surface area contributed by atoms with E-state index in [1.54, 1.807) is 0 Å². The third kappa shape index (κ3) is 3.68. The number of hydrogen-bond donors (Lipinski definition) is 1. The summed E-state index contributed by atoms with van der Waals surface area (Å²) in [6.07, 6.45) is 5.77. The normalized spacial score (nSPS) is 35.3. The molecule has 0 spiro atoms. The van der Waals surface area contributed by atoms with Gasteiger partial charge in [-0.1, -0.05) is 27.7 Å². The molecule has 2 atom stereocenters. The van der Waals surface area contributed by atoms with Crippen LogP contribution >= 0.6 is 0 Å². The molecule has 1 saturated carbocycles. The monoisotopic (exact) mass is 184 g/mol. The molecule has 0 radical (unpaired) electrons. The summed E-state index contributed by atoms with van der Waals surface area (Å²) in [6, 6.07) is 0. The van der Waals surface area contributed by atoms with Gasteiger partial charge in [-0.2, -0.15) is 0 Å². The van der Waals surface area contributed by atoms with Gasteiger partial charge in [0, 0.05) is 0 Å². The van der Waals surface area contributed by atoms with E-state index in [9.17, 15) is 5.11 Å². The molecule has 2 unspecified atom stereocenters. The molecule has 0 bridgehead atoms. The largest absolute Gasteiger partial charge is 0.393 e. The Bertz CT molecular complexity index is 168. The van der Waals surface area contributed by atoms with E-state index in [-0.39, 0.29) is 6.10 Å². The third-order valence-corrected chi connectivity index (χ3v) is 3.29. The zero-order valence-corrected chi connectivity index (χ0v) is 9.56. The van der Waals surface area contributed by atoms with Crippen LogP contribution in [-0.4, -0.2) is 11.2 Å². The van der Waals surface area contributed by atoms with Crippen molar-refractivity contribution in [1.29, 1.82) is 0 Å². The average Bonchev–Trinajstić information content (AvgIpc) is 2.27. The minimum Gasteiger partial charge on any atom is -0.393 e. The highest BCUT2D eigenvalue weighted by Gasteiger charge is 2.34. The topological polar surface area (TPSA) is 20.2 Å². The maximum Gasteiger partial charge on any atom is 0.0545 e. The highest BCUT2D eigenvalue weighted by atomic mass is 16.3. The van der Waals surface area contributed by atoms with Crippen molar-refractivity contribution < 1.29 is 5.11 Å². The van der Waals surface area contributed by atoms with Crippen LogP contribution in [-0.2, 0) is 0 Å². The van der Waals surface area contributed by atoms with E-state index in [4.69, 9.17) is 0 Å². The van der Waals surface area contributed by atoms with Gasteiger partial charge in [0.25, 0.3) is 0 Å². The first-order chi connectivity index (χ1) is 5.81. The van der Waals surface area contributed by atoms with Crippen LogP contribution in [0, 0.1) is 10.8 Å². The lowest BCUT2D eigenvalue weighted by Crippen LogP contribution is -2.17. The summed E-state index contributed by atoms with van der Waals surface area (Å²) in [4.78, 5) is 0. The lowest BCUT2D eigenvalue weighted by molar-refractivity contribution is 0.153. The Hall–Kier alpha value is -0.0400. The second kappa shape index (κ2) is 3.61. The number of hydrogen-bond acceptors (Lipinski definition) is 1. The molecular weight excluding hydrogens is 160 g/mol. The fourth-order valence-electron chi connectivity index (χ4n) is 2.19. The fourth-order valence-corrected chi connectivity index (χ4v) is 2.19. The molecule has 0 aliphatic heterocycles. The third-order valence-electron chi connectivity index (χ3n) is 3.29. The Kier molecular flexibility index (Phi) is 3.06. The van der Waals surface area contributed by atoms with Gasteiger partial charge in [-0.05, 0) is 42.9 Å². The molecular formula is C12H24O. The number of aliphatic hydroxyl groups is 1. The van der Waals surface area contributed by atoms with Gasteiger partial charge in [0.05, 0.1) is 6.10 Å². The first-order valence-corrected chi connectivity index (χ1v) is 5.49. The van der Waals surface area contributed by atoms with Gasteiger partial charge in [0.2, 0.25) is 0 Å². The van der Waals surface area contributed by atoms with Crippen molar-refractivity contribution in [3.8, 4) is 0 Å². The molecule has 1 nitrogen and oxygen atoms in total. The van der Waals surface area contributed by atoms with Crippen LogP contribution < -0.4 is 0 Å². The first-order valence-electron chi connectivity index (χ1n) is 5.49. The number of rotatable bonds is 2. The van der Waals surface area contributed by atoms with Crippen molar-refractivity contribution >= 4 is 0 Å². The van der Waals surface area contributed by atoms with E-state index in [0.717, 1.165) is 12.8 Å². The highest BCUT2D eigenvalue weighted by molar-refractivity contribution is 4.86. The Morgan fingerprint density at radius 1 is 1.38 bits per heavy atom. The summed E-state index contributed by atoms with van der Waals surface area (Å²) >= 11 is 0. The molecule has 0 heterocycles. The van der Waals surface area contributed by atoms with Crippen molar-refractivity contribution in [1.82, 2.24) is 0 Å². The average molecular weight is 184 g/mol. The van der Waals surface area contributed by atoms with Gasteiger partial charge < -0.3 is 5.11 Å². The molecule has 0 aromatic carbocycles. The summed E-state index contributed by atoms with van der Waals surface area (Å²) in [6.45, 7) is 9.21. The van der Waals surface area contributed by atoms with Crippen LogP contribution in [0.25, 0.3) is 0 Å². The number of aliphatic hydroxyl groups excluding tert-OH is 1. The van der Waals surface area contributed by atoms with Crippen LogP contribution in [0.1, 0.15) is 59.8 Å². The van der Waals surface area contributed by atoms with Crippen LogP contribution in [0.2, 0.25) is 0 Å². The summed E-state index contributed by atoms with van der Waals surface area (Å²) in [5.41, 5.74) is 0.864. The van der Waals surface area contributed by atoms with Crippen molar-refractivity contribution in [2.45, 2.75) is 65.9 Å². The van der Waals surface area contributed by atoms with Gasteiger partial charge in [0.1, 0.15) is 0 Å². The molecule has 0 amide bonds. The lowest BCUT2D eigenvalue weighted by atomic mass is 9.78. The van der Waals surface area contributed by atoms with E-state index in [0.29, 0.717) is 10.8 Å². The van der Waals surface area contributed by atoms with E-state index >= 15 is 0 Å². The Labute approximate surface area is 82.5 Å². The zero-order valence-electron chi connectivity index (χ0n) is 9.56. The smallest absolute Gasteiger partial charge is 0.0545 e. The van der Waals surface area contributed by atoms with Crippen molar-refractivity contribution in [3.63, 3.8) is 0 Å². The van der Waals surface area contributed by atoms with E-state index in [2.05, 4.69) is 27.7 Å². The SMILES string of the molecule is CC(C)(C)CCC1(C)CCC(O)C1. The quantitative estimate of drug-likeness (QED) is 0.697. The predicted octanol–water partition coefficient (Wildman–Crippen LogP) is 3.36. The van der Waals surface area contributed by atoms with E-state index in [1.165, 1.54) is 19.3 Å². The molecule has 1 heteroatoms. The van der Waals surface area contributed by atoms with Crippen molar-refractivity contribution in [2.75, 3.05) is 0 Å². The maximum atomic E-state index is 9.49. The second-order valence-electron chi connectivity index (χ2n) is 6.27. The van der Waals surface area contributed by atoms with Crippen LogP contribution in [0.5, 0.6) is 0 Å². The van der Waals surface area contributed by atoms with Crippen LogP contribution in [0.3, 0.4) is 0 Å². The molecule has 1 N–H and O–H groups in total. The molecule has 1 aliphatic rings. The minimum absolute atomic E-state index is 0.0232. The Balaban J connectivity index is 2.36. The second-order valence-corrected chi connectivity index (χ2v) is 6.27. The minimum atomic E-state index is -0.0232. The highest BCUT2D eigenvalue weighted by Crippen LogP contribution is 2.43. The van der Waals surface area contributed by atoms with Gasteiger partial charge in [-0.15, -0.1) is 0 Å². The summed E-state index contributed by atoms with van der Waals surface area (Å²) in [7, 11) is 0. The predicted molar refractivity (Wildman–Crippen MR) is 56.7 cm³/mol. The van der Waals surface area contributed by atoms with Gasteiger partial charge >= 0.3 is 0 Å². The van der Waals surface area contributed by atoms with Gasteiger partial charge in [0.15, 0.2) is 0 Å². The van der Waals surface area contributed by atoms with Crippen molar-refractivity contribution in [3.05, 3.63) is 0 Å². The van der Waals surface area contributed by atoms with Gasteiger partial charge in [-0.25, -0.2) is 0 Å². The maximum absolute atomic E-state index is 9.49. The Morgan fingerprint density at radius 2 is 2.00 bits per heavy atom. The van der Waals surface area contributed by atoms with E-state index < -0.39 is 0 Å². The van der Waals surface area contributed by atoms with Crippen molar-refractivity contribution in [2.24, 2.45) is 10.8 Å². The summed E-state index contributed by atoms with van der Waals surface area (Å²) < 4.78 is 0. The van der Waals surface area contributed by atoms with Crippen LogP contribution in [0.4, 0.5) is 0 Å². The Morgan fingerprint density at radius 3 is 2.38 bits per heavy atom. The zero-order chi connectivity index (χ0) is 10.1. The molecule has 1 fully saturated rings. The van der Waals surface area contributed by atoms with Gasteiger partial charge in [-0.3, -0.25) is 0 Å². The summed E-state index contributed by atoms with van der Waals surface area (Å²) in [5, 5.41) is 9.49. The fraction of sp³-hybridized carbons (Fsp3) is 1.00. The molecule has 0 saturated heterocycles. The molecule has 78 valence electrons. The molecule has 13 heavy (non-hydrogen) atoms.